The molecule has 21 heavy (non-hydrogen) atoms. The second-order valence-corrected chi connectivity index (χ2v) is 5.11. The Morgan fingerprint density at radius 2 is 1.81 bits per heavy atom. The van der Waals surface area contributed by atoms with Gasteiger partial charge in [0, 0.05) is 19.6 Å². The van der Waals surface area contributed by atoms with Crippen LogP contribution in [0.15, 0.2) is 9.59 Å². The summed E-state index contributed by atoms with van der Waals surface area (Å²) in [5.74, 6) is 0.744. The molecule has 0 aliphatic rings. The van der Waals surface area contributed by atoms with Crippen LogP contribution in [0, 0.1) is 6.92 Å². The number of aromatic nitrogens is 4. The summed E-state index contributed by atoms with van der Waals surface area (Å²) >= 11 is 0. The Morgan fingerprint density at radius 1 is 1.10 bits per heavy atom. The zero-order chi connectivity index (χ0) is 15.6. The van der Waals surface area contributed by atoms with Crippen molar-refractivity contribution in [3.05, 3.63) is 26.7 Å². The van der Waals surface area contributed by atoms with Gasteiger partial charge in [0.1, 0.15) is 5.82 Å². The molecule has 0 saturated heterocycles. The standard InChI is InChI=1S/C14H23N5O2/c1-4-8-19-12-11(13(20)17(5-2)14(19)21)18(9-6-7-15)10(3)16-12/h4-9,15H2,1-3H3. The average molecular weight is 293 g/mol. The first kappa shape index (κ1) is 15.5. The van der Waals surface area contributed by atoms with Crippen LogP contribution in [0.5, 0.6) is 0 Å². The largest absolute Gasteiger partial charge is 0.332 e. The molecular weight excluding hydrogens is 270 g/mol. The van der Waals surface area contributed by atoms with Crippen molar-refractivity contribution in [1.82, 2.24) is 18.7 Å². The van der Waals surface area contributed by atoms with E-state index < -0.39 is 0 Å². The molecule has 0 atom stereocenters. The Morgan fingerprint density at radius 3 is 2.38 bits per heavy atom. The van der Waals surface area contributed by atoms with Crippen LogP contribution in [0.3, 0.4) is 0 Å². The predicted octanol–water partition coefficient (Wildman–Crippen LogP) is 0.447. The monoisotopic (exact) mass is 293 g/mol. The van der Waals surface area contributed by atoms with E-state index in [-0.39, 0.29) is 11.2 Å². The maximum atomic E-state index is 12.6. The Labute approximate surface area is 123 Å². The molecule has 7 heteroatoms. The van der Waals surface area contributed by atoms with Gasteiger partial charge in [0.15, 0.2) is 11.2 Å². The van der Waals surface area contributed by atoms with E-state index in [2.05, 4.69) is 4.98 Å². The first-order chi connectivity index (χ1) is 10.1. The second-order valence-electron chi connectivity index (χ2n) is 5.11. The van der Waals surface area contributed by atoms with Crippen molar-refractivity contribution in [2.75, 3.05) is 6.54 Å². The van der Waals surface area contributed by atoms with Crippen molar-refractivity contribution in [2.45, 2.75) is 53.2 Å². The van der Waals surface area contributed by atoms with Gasteiger partial charge in [-0.25, -0.2) is 9.78 Å². The first-order valence-electron chi connectivity index (χ1n) is 7.47. The first-order valence-corrected chi connectivity index (χ1v) is 7.47. The number of aryl methyl sites for hydroxylation is 3. The highest BCUT2D eigenvalue weighted by molar-refractivity contribution is 5.71. The van der Waals surface area contributed by atoms with Gasteiger partial charge >= 0.3 is 5.69 Å². The van der Waals surface area contributed by atoms with Gasteiger partial charge < -0.3 is 10.3 Å². The predicted molar refractivity (Wildman–Crippen MR) is 82.6 cm³/mol. The molecule has 0 fully saturated rings. The molecule has 0 amide bonds. The number of rotatable bonds is 6. The fourth-order valence-electron chi connectivity index (χ4n) is 2.63. The molecule has 0 aliphatic carbocycles. The molecule has 2 aromatic rings. The second kappa shape index (κ2) is 6.26. The van der Waals surface area contributed by atoms with Crippen molar-refractivity contribution in [1.29, 1.82) is 0 Å². The molecule has 0 bridgehead atoms. The topological polar surface area (TPSA) is 87.8 Å². The van der Waals surface area contributed by atoms with E-state index in [0.29, 0.717) is 37.3 Å². The molecule has 0 aliphatic heterocycles. The minimum absolute atomic E-state index is 0.262. The number of imidazole rings is 1. The average Bonchev–Trinajstić information content (AvgIpc) is 2.78. The van der Waals surface area contributed by atoms with Crippen LogP contribution >= 0.6 is 0 Å². The van der Waals surface area contributed by atoms with Gasteiger partial charge in [-0.3, -0.25) is 13.9 Å². The van der Waals surface area contributed by atoms with E-state index in [1.807, 2.05) is 18.4 Å². The zero-order valence-electron chi connectivity index (χ0n) is 12.9. The van der Waals surface area contributed by atoms with Crippen LogP contribution in [0.2, 0.25) is 0 Å². The molecule has 2 aromatic heterocycles. The SMILES string of the molecule is CCCn1c(=O)n(CC)c(=O)c2c1nc(C)n2CCCN. The van der Waals surface area contributed by atoms with Crippen molar-refractivity contribution in [2.24, 2.45) is 5.73 Å². The molecule has 0 radical (unpaired) electrons. The molecule has 0 spiro atoms. The fourth-order valence-corrected chi connectivity index (χ4v) is 2.63. The molecule has 7 nitrogen and oxygen atoms in total. The van der Waals surface area contributed by atoms with Crippen molar-refractivity contribution < 1.29 is 0 Å². The van der Waals surface area contributed by atoms with Gasteiger partial charge in [0.05, 0.1) is 0 Å². The molecule has 2 rings (SSSR count). The molecular formula is C14H23N5O2. The van der Waals surface area contributed by atoms with E-state index in [1.54, 1.807) is 11.5 Å². The number of nitrogens with zero attached hydrogens (tertiary/aromatic N) is 4. The molecule has 2 N–H and O–H groups in total. The van der Waals surface area contributed by atoms with E-state index in [0.717, 1.165) is 18.7 Å². The van der Waals surface area contributed by atoms with Gasteiger partial charge in [0.2, 0.25) is 0 Å². The van der Waals surface area contributed by atoms with E-state index in [1.165, 1.54) is 4.57 Å². The summed E-state index contributed by atoms with van der Waals surface area (Å²) in [4.78, 5) is 29.5. The molecule has 2 heterocycles. The highest BCUT2D eigenvalue weighted by Gasteiger charge is 2.18. The van der Waals surface area contributed by atoms with Crippen molar-refractivity contribution in [3.63, 3.8) is 0 Å². The lowest BCUT2D eigenvalue weighted by atomic mass is 10.4. The van der Waals surface area contributed by atoms with Gasteiger partial charge in [0.25, 0.3) is 5.56 Å². The van der Waals surface area contributed by atoms with Crippen LogP contribution in [0.4, 0.5) is 0 Å². The summed E-state index contributed by atoms with van der Waals surface area (Å²) < 4.78 is 4.76. The van der Waals surface area contributed by atoms with Gasteiger partial charge in [-0.15, -0.1) is 0 Å². The van der Waals surface area contributed by atoms with Gasteiger partial charge in [-0.05, 0) is 33.2 Å². The summed E-state index contributed by atoms with van der Waals surface area (Å²) in [5, 5.41) is 0. The van der Waals surface area contributed by atoms with Crippen molar-refractivity contribution in [3.8, 4) is 0 Å². The van der Waals surface area contributed by atoms with E-state index >= 15 is 0 Å². The molecule has 0 aromatic carbocycles. The maximum absolute atomic E-state index is 12.6. The van der Waals surface area contributed by atoms with Crippen molar-refractivity contribution >= 4 is 11.2 Å². The summed E-state index contributed by atoms with van der Waals surface area (Å²) in [6.45, 7) is 7.77. The quantitative estimate of drug-likeness (QED) is 0.837. The lowest BCUT2D eigenvalue weighted by Crippen LogP contribution is -2.40. The lowest BCUT2D eigenvalue weighted by Gasteiger charge is -2.10. The van der Waals surface area contributed by atoms with Crippen LogP contribution in [0.1, 0.15) is 32.5 Å². The molecule has 0 unspecified atom stereocenters. The number of hydrogen-bond donors (Lipinski definition) is 1. The summed E-state index contributed by atoms with van der Waals surface area (Å²) in [7, 11) is 0. The summed E-state index contributed by atoms with van der Waals surface area (Å²) in [5.41, 5.74) is 6.03. The highest BCUT2D eigenvalue weighted by atomic mass is 16.2. The van der Waals surface area contributed by atoms with Crippen LogP contribution < -0.4 is 17.0 Å². The highest BCUT2D eigenvalue weighted by Crippen LogP contribution is 2.12. The molecule has 116 valence electrons. The minimum Gasteiger partial charge on any atom is -0.330 e. The third-order valence-corrected chi connectivity index (χ3v) is 3.65. The third-order valence-electron chi connectivity index (χ3n) is 3.65. The zero-order valence-corrected chi connectivity index (χ0v) is 12.9. The van der Waals surface area contributed by atoms with Gasteiger partial charge in [-0.1, -0.05) is 6.92 Å². The lowest BCUT2D eigenvalue weighted by molar-refractivity contribution is 0.576. The number of hydrogen-bond acceptors (Lipinski definition) is 4. The van der Waals surface area contributed by atoms with Crippen LogP contribution in [0.25, 0.3) is 11.2 Å². The maximum Gasteiger partial charge on any atom is 0.332 e. The Hall–Kier alpha value is -1.89. The number of nitrogens with two attached hydrogens (primary N) is 1. The van der Waals surface area contributed by atoms with Crippen LogP contribution in [-0.4, -0.2) is 25.2 Å². The Kier molecular flexibility index (Phi) is 4.62. The smallest absolute Gasteiger partial charge is 0.330 e. The third kappa shape index (κ3) is 2.53. The van der Waals surface area contributed by atoms with E-state index in [9.17, 15) is 9.59 Å². The summed E-state index contributed by atoms with van der Waals surface area (Å²) in [6, 6.07) is 0. The molecule has 0 saturated carbocycles. The fraction of sp³-hybridized carbons (Fsp3) is 0.643. The van der Waals surface area contributed by atoms with Gasteiger partial charge in [-0.2, -0.15) is 0 Å². The van der Waals surface area contributed by atoms with Crippen LogP contribution in [-0.2, 0) is 19.6 Å². The normalized spacial score (nSPS) is 11.4. The Bertz CT molecular complexity index is 753. The number of fused-ring (bicyclic) bond motifs is 1. The van der Waals surface area contributed by atoms with E-state index in [4.69, 9.17) is 5.73 Å². The Balaban J connectivity index is 2.85. The summed E-state index contributed by atoms with van der Waals surface area (Å²) in [6.07, 6.45) is 1.58. The minimum atomic E-state index is -0.277.